The van der Waals surface area contributed by atoms with E-state index in [9.17, 15) is 0 Å². The smallest absolute Gasteiger partial charge is 0.145 e. The molecule has 0 spiro atoms. The lowest BCUT2D eigenvalue weighted by molar-refractivity contribution is 1.08. The van der Waals surface area contributed by atoms with Gasteiger partial charge in [-0.2, -0.15) is 0 Å². The van der Waals surface area contributed by atoms with Gasteiger partial charge in [0.1, 0.15) is 5.82 Å². The first-order chi connectivity index (χ1) is 10.8. The van der Waals surface area contributed by atoms with Gasteiger partial charge in [0.25, 0.3) is 0 Å². The van der Waals surface area contributed by atoms with Crippen molar-refractivity contribution >= 4 is 11.0 Å². The second-order valence-corrected chi connectivity index (χ2v) is 5.24. The van der Waals surface area contributed by atoms with Crippen molar-refractivity contribution in [2.24, 2.45) is 0 Å². The molecular weight excluding hydrogens is 270 g/mol. The molecule has 3 nitrogen and oxygen atoms in total. The highest BCUT2D eigenvalue weighted by Crippen LogP contribution is 2.29. The van der Waals surface area contributed by atoms with Gasteiger partial charge in [-0.05, 0) is 25.1 Å². The highest BCUT2D eigenvalue weighted by atomic mass is 15.1. The zero-order valence-electron chi connectivity index (χ0n) is 12.3. The van der Waals surface area contributed by atoms with Crippen LogP contribution in [-0.4, -0.2) is 14.5 Å². The molecule has 0 atom stereocenters. The third-order valence-electron chi connectivity index (χ3n) is 3.79. The van der Waals surface area contributed by atoms with Crippen molar-refractivity contribution in [2.45, 2.75) is 6.92 Å². The first-order valence-electron chi connectivity index (χ1n) is 7.29. The summed E-state index contributed by atoms with van der Waals surface area (Å²) in [5, 5.41) is 0. The zero-order valence-corrected chi connectivity index (χ0v) is 12.3. The molecule has 2 heterocycles. The summed E-state index contributed by atoms with van der Waals surface area (Å²) in [4.78, 5) is 9.28. The minimum Gasteiger partial charge on any atom is -0.291 e. The molecule has 3 heteroatoms. The van der Waals surface area contributed by atoms with E-state index in [4.69, 9.17) is 4.98 Å². The summed E-state index contributed by atoms with van der Waals surface area (Å²) in [5.41, 5.74) is 5.21. The second-order valence-electron chi connectivity index (χ2n) is 5.24. The molecule has 4 rings (SSSR count). The molecule has 2 aromatic heterocycles. The number of para-hydroxylation sites is 1. The van der Waals surface area contributed by atoms with Gasteiger partial charge in [-0.1, -0.05) is 48.5 Å². The number of nitrogens with zero attached hydrogens (tertiary/aromatic N) is 3. The van der Waals surface area contributed by atoms with Crippen molar-refractivity contribution < 1.29 is 0 Å². The molecule has 0 saturated carbocycles. The summed E-state index contributed by atoms with van der Waals surface area (Å²) >= 11 is 0. The first kappa shape index (κ1) is 12.8. The molecular formula is C19H15N3. The highest BCUT2D eigenvalue weighted by molar-refractivity contribution is 5.84. The lowest BCUT2D eigenvalue weighted by atomic mass is 10.2. The van der Waals surface area contributed by atoms with Crippen LogP contribution in [0.5, 0.6) is 0 Å². The molecule has 0 saturated heterocycles. The Morgan fingerprint density at radius 2 is 1.50 bits per heavy atom. The summed E-state index contributed by atoms with van der Waals surface area (Å²) in [7, 11) is 0. The lowest BCUT2D eigenvalue weighted by Gasteiger charge is -2.10. The van der Waals surface area contributed by atoms with Crippen molar-refractivity contribution in [2.75, 3.05) is 0 Å². The van der Waals surface area contributed by atoms with Crippen LogP contribution in [0.3, 0.4) is 0 Å². The Bertz CT molecular complexity index is 925. The fourth-order valence-electron chi connectivity index (χ4n) is 2.79. The fraction of sp³-hybridized carbons (Fsp3) is 0.0526. The van der Waals surface area contributed by atoms with Crippen LogP contribution >= 0.6 is 0 Å². The molecule has 0 aliphatic heterocycles. The third kappa shape index (κ3) is 1.99. The van der Waals surface area contributed by atoms with Crippen LogP contribution in [0, 0.1) is 6.92 Å². The predicted octanol–water partition coefficient (Wildman–Crippen LogP) is 4.40. The van der Waals surface area contributed by atoms with Gasteiger partial charge in [-0.25, -0.2) is 4.98 Å². The maximum atomic E-state index is 4.84. The van der Waals surface area contributed by atoms with Crippen LogP contribution in [-0.2, 0) is 0 Å². The average Bonchev–Trinajstić information content (AvgIpc) is 2.97. The van der Waals surface area contributed by atoms with Crippen molar-refractivity contribution in [3.8, 4) is 17.1 Å². The minimum absolute atomic E-state index is 0.943. The summed E-state index contributed by atoms with van der Waals surface area (Å²) < 4.78 is 2.19. The summed E-state index contributed by atoms with van der Waals surface area (Å²) in [6.45, 7) is 2.03. The maximum absolute atomic E-state index is 4.84. The molecule has 0 N–H and O–H groups in total. The van der Waals surface area contributed by atoms with Gasteiger partial charge in [0.15, 0.2) is 0 Å². The van der Waals surface area contributed by atoms with Crippen molar-refractivity contribution in [3.05, 3.63) is 78.6 Å². The molecule has 0 radical (unpaired) electrons. The van der Waals surface area contributed by atoms with E-state index in [1.54, 1.807) is 0 Å². The summed E-state index contributed by atoms with van der Waals surface area (Å²) in [6, 6.07) is 22.5. The van der Waals surface area contributed by atoms with Crippen LogP contribution in [0.25, 0.3) is 28.1 Å². The largest absolute Gasteiger partial charge is 0.291 e. The van der Waals surface area contributed by atoms with E-state index in [1.807, 2.05) is 55.6 Å². The Labute approximate surface area is 128 Å². The van der Waals surface area contributed by atoms with Crippen LogP contribution < -0.4 is 0 Å². The molecule has 0 amide bonds. The normalized spacial score (nSPS) is 11.0. The van der Waals surface area contributed by atoms with E-state index in [0.29, 0.717) is 0 Å². The predicted molar refractivity (Wildman–Crippen MR) is 89.0 cm³/mol. The van der Waals surface area contributed by atoms with Crippen LogP contribution in [0.2, 0.25) is 0 Å². The van der Waals surface area contributed by atoms with Crippen molar-refractivity contribution in [1.82, 2.24) is 14.5 Å². The van der Waals surface area contributed by atoms with Crippen molar-refractivity contribution in [1.29, 1.82) is 0 Å². The van der Waals surface area contributed by atoms with E-state index in [2.05, 4.69) is 33.8 Å². The van der Waals surface area contributed by atoms with Gasteiger partial charge in [-0.15, -0.1) is 0 Å². The quantitative estimate of drug-likeness (QED) is 0.546. The summed E-state index contributed by atoms with van der Waals surface area (Å²) in [6.07, 6.45) is 1.81. The zero-order chi connectivity index (χ0) is 14.9. The average molecular weight is 285 g/mol. The number of aromatic nitrogens is 3. The Balaban J connectivity index is 2.11. The number of imidazole rings is 1. The Morgan fingerprint density at radius 3 is 2.23 bits per heavy atom. The molecule has 4 aromatic rings. The highest BCUT2D eigenvalue weighted by Gasteiger charge is 2.15. The lowest BCUT2D eigenvalue weighted by Crippen LogP contribution is -1.98. The monoisotopic (exact) mass is 285 g/mol. The molecule has 2 aromatic carbocycles. The third-order valence-corrected chi connectivity index (χ3v) is 3.79. The number of rotatable bonds is 2. The van der Waals surface area contributed by atoms with Gasteiger partial charge >= 0.3 is 0 Å². The SMILES string of the molecule is Cc1nccc2nc(-c3ccccc3)n(-c3ccccc3)c12. The Kier molecular flexibility index (Phi) is 2.97. The first-order valence-corrected chi connectivity index (χ1v) is 7.29. The molecule has 0 fully saturated rings. The molecule has 0 aliphatic rings. The molecule has 0 bridgehead atoms. The maximum Gasteiger partial charge on any atom is 0.145 e. The molecule has 22 heavy (non-hydrogen) atoms. The van der Waals surface area contributed by atoms with Crippen LogP contribution in [0.15, 0.2) is 72.9 Å². The van der Waals surface area contributed by atoms with E-state index in [1.165, 1.54) is 0 Å². The molecule has 0 unspecified atom stereocenters. The van der Waals surface area contributed by atoms with Gasteiger partial charge < -0.3 is 0 Å². The fourth-order valence-corrected chi connectivity index (χ4v) is 2.79. The molecule has 106 valence electrons. The number of fused-ring (bicyclic) bond motifs is 1. The number of benzene rings is 2. The van der Waals surface area contributed by atoms with Gasteiger partial charge in [0.05, 0.1) is 16.7 Å². The van der Waals surface area contributed by atoms with Crippen LogP contribution in [0.4, 0.5) is 0 Å². The topological polar surface area (TPSA) is 30.7 Å². The van der Waals surface area contributed by atoms with E-state index < -0.39 is 0 Å². The standard InChI is InChI=1S/C19H15N3/c1-14-18-17(12-13-20-14)21-19(15-8-4-2-5-9-15)22(18)16-10-6-3-7-11-16/h2-13H,1H3. The van der Waals surface area contributed by atoms with E-state index in [0.717, 1.165) is 33.8 Å². The number of pyridine rings is 1. The van der Waals surface area contributed by atoms with Crippen molar-refractivity contribution in [3.63, 3.8) is 0 Å². The van der Waals surface area contributed by atoms with Gasteiger partial charge in [-0.3, -0.25) is 9.55 Å². The summed E-state index contributed by atoms with van der Waals surface area (Å²) in [5.74, 6) is 0.943. The minimum atomic E-state index is 0.943. The molecule has 0 aliphatic carbocycles. The second kappa shape index (κ2) is 5.11. The Hall–Kier alpha value is -2.94. The van der Waals surface area contributed by atoms with E-state index in [-0.39, 0.29) is 0 Å². The van der Waals surface area contributed by atoms with E-state index >= 15 is 0 Å². The Morgan fingerprint density at radius 1 is 0.818 bits per heavy atom. The van der Waals surface area contributed by atoms with Gasteiger partial charge in [0, 0.05) is 17.4 Å². The van der Waals surface area contributed by atoms with Gasteiger partial charge in [0.2, 0.25) is 0 Å². The number of hydrogen-bond donors (Lipinski definition) is 0. The number of aryl methyl sites for hydroxylation is 1. The number of hydrogen-bond acceptors (Lipinski definition) is 2. The van der Waals surface area contributed by atoms with Crippen LogP contribution in [0.1, 0.15) is 5.69 Å².